The fourth-order valence-corrected chi connectivity index (χ4v) is 5.09. The summed E-state index contributed by atoms with van der Waals surface area (Å²) in [6, 6.07) is 15.0. The summed E-state index contributed by atoms with van der Waals surface area (Å²) in [7, 11) is 0. The number of rotatable bonds is 6. The topological polar surface area (TPSA) is 49.9 Å². The Balaban J connectivity index is 1.53. The highest BCUT2D eigenvalue weighted by atomic mass is 35.5. The molecule has 0 bridgehead atoms. The molecule has 2 aromatic carbocycles. The van der Waals surface area contributed by atoms with Gasteiger partial charge in [0.05, 0.1) is 6.61 Å². The molecule has 2 fully saturated rings. The van der Waals surface area contributed by atoms with Gasteiger partial charge in [-0.2, -0.15) is 0 Å². The highest BCUT2D eigenvalue weighted by molar-refractivity contribution is 6.31. The average molecular weight is 469 g/mol. The van der Waals surface area contributed by atoms with Crippen molar-refractivity contribution in [2.75, 3.05) is 32.8 Å². The van der Waals surface area contributed by atoms with Gasteiger partial charge in [0, 0.05) is 48.6 Å². The van der Waals surface area contributed by atoms with Crippen LogP contribution in [-0.2, 0) is 4.79 Å². The molecular weight excluding hydrogens is 436 g/mol. The van der Waals surface area contributed by atoms with Crippen molar-refractivity contribution < 1.29 is 14.3 Å². The number of piperidine rings is 2. The van der Waals surface area contributed by atoms with Crippen LogP contribution in [-0.4, -0.2) is 54.4 Å². The molecule has 0 spiro atoms. The fourth-order valence-electron chi connectivity index (χ4n) is 4.98. The zero-order valence-corrected chi connectivity index (χ0v) is 20.2. The van der Waals surface area contributed by atoms with Crippen molar-refractivity contribution >= 4 is 23.4 Å². The highest BCUT2D eigenvalue weighted by Gasteiger charge is 2.41. The second kappa shape index (κ2) is 10.6. The number of hydrogen-bond donors (Lipinski definition) is 0. The molecule has 0 aliphatic carbocycles. The second-order valence-corrected chi connectivity index (χ2v) is 9.92. The molecule has 0 saturated carbocycles. The maximum Gasteiger partial charge on any atom is 0.253 e. The maximum atomic E-state index is 13.3. The molecule has 2 heterocycles. The molecule has 5 nitrogen and oxygen atoms in total. The number of amides is 2. The monoisotopic (exact) mass is 468 g/mol. The zero-order valence-electron chi connectivity index (χ0n) is 19.4. The van der Waals surface area contributed by atoms with E-state index in [4.69, 9.17) is 16.3 Å². The van der Waals surface area contributed by atoms with Crippen molar-refractivity contribution in [2.24, 2.45) is 5.41 Å². The van der Waals surface area contributed by atoms with Crippen LogP contribution in [0, 0.1) is 12.3 Å². The van der Waals surface area contributed by atoms with Gasteiger partial charge in [-0.3, -0.25) is 9.59 Å². The Bertz CT molecular complexity index is 975. The van der Waals surface area contributed by atoms with Crippen LogP contribution < -0.4 is 4.74 Å². The number of hydrogen-bond acceptors (Lipinski definition) is 3. The molecular formula is C27H33ClN2O3. The first-order valence-corrected chi connectivity index (χ1v) is 12.3. The summed E-state index contributed by atoms with van der Waals surface area (Å²) in [5.41, 5.74) is 1.23. The predicted octanol–water partition coefficient (Wildman–Crippen LogP) is 5.35. The number of ether oxygens (including phenoxy) is 1. The average Bonchev–Trinajstić information content (AvgIpc) is 2.85. The molecule has 176 valence electrons. The molecule has 2 amide bonds. The summed E-state index contributed by atoms with van der Waals surface area (Å²) in [6.07, 6.45) is 5.44. The van der Waals surface area contributed by atoms with Crippen LogP contribution in [0.15, 0.2) is 48.5 Å². The van der Waals surface area contributed by atoms with Gasteiger partial charge in [0.15, 0.2) is 0 Å². The lowest BCUT2D eigenvalue weighted by Gasteiger charge is -2.43. The number of halogens is 1. The first kappa shape index (κ1) is 23.6. The summed E-state index contributed by atoms with van der Waals surface area (Å²) in [5, 5.41) is 0.703. The van der Waals surface area contributed by atoms with Crippen LogP contribution in [0.25, 0.3) is 0 Å². The van der Waals surface area contributed by atoms with E-state index in [9.17, 15) is 9.59 Å². The molecule has 1 atom stereocenters. The van der Waals surface area contributed by atoms with Crippen LogP contribution in [0.4, 0.5) is 0 Å². The molecule has 0 unspecified atom stereocenters. The van der Waals surface area contributed by atoms with Crippen LogP contribution in [0.2, 0.25) is 5.02 Å². The minimum Gasteiger partial charge on any atom is -0.493 e. The number of likely N-dealkylation sites (tertiary alicyclic amines) is 2. The van der Waals surface area contributed by atoms with Gasteiger partial charge in [-0.25, -0.2) is 0 Å². The molecule has 4 rings (SSSR count). The molecule has 6 heteroatoms. The van der Waals surface area contributed by atoms with Crippen molar-refractivity contribution in [3.63, 3.8) is 0 Å². The fraction of sp³-hybridized carbons (Fsp3) is 0.481. The lowest BCUT2D eigenvalue weighted by Crippen LogP contribution is -2.51. The third-order valence-corrected chi connectivity index (χ3v) is 7.30. The number of nitrogens with zero attached hydrogens (tertiary/aromatic N) is 2. The van der Waals surface area contributed by atoms with E-state index in [-0.39, 0.29) is 11.8 Å². The Morgan fingerprint density at radius 1 is 0.970 bits per heavy atom. The Morgan fingerprint density at radius 3 is 2.42 bits per heavy atom. The van der Waals surface area contributed by atoms with Gasteiger partial charge >= 0.3 is 0 Å². The lowest BCUT2D eigenvalue weighted by molar-refractivity contribution is -0.136. The van der Waals surface area contributed by atoms with Gasteiger partial charge in [-0.15, -0.1) is 0 Å². The van der Waals surface area contributed by atoms with E-state index in [1.165, 1.54) is 6.42 Å². The third kappa shape index (κ3) is 5.89. The summed E-state index contributed by atoms with van der Waals surface area (Å²) < 4.78 is 6.24. The van der Waals surface area contributed by atoms with Crippen molar-refractivity contribution in [3.8, 4) is 5.75 Å². The normalized spacial score (nSPS) is 21.0. The van der Waals surface area contributed by atoms with Gasteiger partial charge < -0.3 is 14.5 Å². The number of carbonyl (C=O) groups is 2. The molecule has 33 heavy (non-hydrogen) atoms. The molecule has 0 N–H and O–H groups in total. The Morgan fingerprint density at radius 2 is 1.70 bits per heavy atom. The molecule has 2 aliphatic heterocycles. The third-order valence-electron chi connectivity index (χ3n) is 6.88. The highest BCUT2D eigenvalue weighted by Crippen LogP contribution is 2.36. The minimum atomic E-state index is -0.412. The van der Waals surface area contributed by atoms with Gasteiger partial charge in [-0.05, 0) is 74.9 Å². The summed E-state index contributed by atoms with van der Waals surface area (Å²) in [4.78, 5) is 30.4. The van der Waals surface area contributed by atoms with Crippen molar-refractivity contribution in [1.29, 1.82) is 0 Å². The van der Waals surface area contributed by atoms with E-state index in [2.05, 4.69) is 0 Å². The molecule has 2 aromatic rings. The summed E-state index contributed by atoms with van der Waals surface area (Å²) in [6.45, 7) is 5.23. The first-order chi connectivity index (χ1) is 16.0. The largest absolute Gasteiger partial charge is 0.493 e. The van der Waals surface area contributed by atoms with E-state index in [1.807, 2.05) is 65.3 Å². The van der Waals surface area contributed by atoms with Crippen molar-refractivity contribution in [3.05, 3.63) is 64.7 Å². The molecule has 0 radical (unpaired) electrons. The van der Waals surface area contributed by atoms with Crippen molar-refractivity contribution in [1.82, 2.24) is 9.80 Å². The molecule has 2 saturated heterocycles. The number of benzene rings is 2. The van der Waals surface area contributed by atoms with Gasteiger partial charge in [0.2, 0.25) is 5.91 Å². The van der Waals surface area contributed by atoms with E-state index in [1.54, 1.807) is 0 Å². The second-order valence-electron chi connectivity index (χ2n) is 9.51. The van der Waals surface area contributed by atoms with Gasteiger partial charge in [-0.1, -0.05) is 29.8 Å². The van der Waals surface area contributed by atoms with E-state index < -0.39 is 5.41 Å². The van der Waals surface area contributed by atoms with E-state index >= 15 is 0 Å². The lowest BCUT2D eigenvalue weighted by atomic mass is 9.77. The SMILES string of the molecule is Cc1cc(OC[C@]2(CC(=O)N3CCCCC3)CCCN(C(=O)c3ccccc3)C2)ccc1Cl. The van der Waals surface area contributed by atoms with Gasteiger partial charge in [0.25, 0.3) is 5.91 Å². The standard InChI is InChI=1S/C27H33ClN2O3/c1-21-17-23(11-12-24(21)28)33-20-27(18-25(31)29-14-6-3-7-15-29)13-8-16-30(19-27)26(32)22-9-4-2-5-10-22/h2,4-5,9-12,17H,3,6-8,13-16,18-20H2,1H3/t27-/m0/s1. The quantitative estimate of drug-likeness (QED) is 0.574. The Kier molecular flexibility index (Phi) is 7.59. The van der Waals surface area contributed by atoms with E-state index in [0.29, 0.717) is 36.7 Å². The van der Waals surface area contributed by atoms with E-state index in [0.717, 1.165) is 50.1 Å². The van der Waals surface area contributed by atoms with Crippen LogP contribution in [0.5, 0.6) is 5.75 Å². The van der Waals surface area contributed by atoms with Crippen LogP contribution in [0.3, 0.4) is 0 Å². The maximum absolute atomic E-state index is 13.3. The zero-order chi connectivity index (χ0) is 23.3. The summed E-state index contributed by atoms with van der Waals surface area (Å²) >= 11 is 6.17. The van der Waals surface area contributed by atoms with Crippen molar-refractivity contribution in [2.45, 2.75) is 45.4 Å². The molecule has 0 aromatic heterocycles. The summed E-state index contributed by atoms with van der Waals surface area (Å²) in [5.74, 6) is 0.945. The molecule has 2 aliphatic rings. The Labute approximate surface area is 201 Å². The number of aryl methyl sites for hydroxylation is 1. The predicted molar refractivity (Wildman–Crippen MR) is 131 cm³/mol. The first-order valence-electron chi connectivity index (χ1n) is 12.0. The number of carbonyl (C=O) groups excluding carboxylic acids is 2. The smallest absolute Gasteiger partial charge is 0.253 e. The van der Waals surface area contributed by atoms with Crippen LogP contribution in [0.1, 0.15) is 54.4 Å². The van der Waals surface area contributed by atoms with Crippen LogP contribution >= 0.6 is 11.6 Å². The van der Waals surface area contributed by atoms with Gasteiger partial charge in [0.1, 0.15) is 5.75 Å². The Hall–Kier alpha value is -2.53. The minimum absolute atomic E-state index is 0.0208.